The maximum atomic E-state index is 13.3. The zero-order valence-corrected chi connectivity index (χ0v) is 32.4. The third-order valence-corrected chi connectivity index (χ3v) is 12.9. The molecule has 4 aliphatic heterocycles. The molecule has 4 fully saturated rings. The first-order valence-electron chi connectivity index (χ1n) is 20.0. The van der Waals surface area contributed by atoms with Crippen molar-refractivity contribution in [3.05, 3.63) is 77.2 Å². The highest BCUT2D eigenvalue weighted by Crippen LogP contribution is 2.55. The van der Waals surface area contributed by atoms with E-state index in [-0.39, 0.29) is 35.6 Å². The van der Waals surface area contributed by atoms with E-state index in [2.05, 4.69) is 25.4 Å². The zero-order valence-electron chi connectivity index (χ0n) is 32.4. The predicted octanol–water partition coefficient (Wildman–Crippen LogP) is 5.45. The van der Waals surface area contributed by atoms with Crippen LogP contribution in [0.25, 0.3) is 10.9 Å². The number of amides is 5. The number of benzene rings is 2. The Morgan fingerprint density at radius 1 is 0.949 bits per heavy atom. The van der Waals surface area contributed by atoms with Crippen LogP contribution in [-0.4, -0.2) is 100.0 Å². The average molecular weight is 813 g/mol. The summed E-state index contributed by atoms with van der Waals surface area (Å²) < 4.78 is 47.0. The number of halogens is 3. The summed E-state index contributed by atoms with van der Waals surface area (Å²) in [5.74, 6) is -1.90. The van der Waals surface area contributed by atoms with Crippen molar-refractivity contribution in [3.8, 4) is 5.75 Å². The molecule has 6 heterocycles. The van der Waals surface area contributed by atoms with E-state index in [1.807, 2.05) is 16.9 Å². The number of aromatic nitrogens is 3. The molecule has 1 spiro atoms. The van der Waals surface area contributed by atoms with Gasteiger partial charge >= 0.3 is 6.18 Å². The summed E-state index contributed by atoms with van der Waals surface area (Å²) in [4.78, 5) is 72.8. The summed E-state index contributed by atoms with van der Waals surface area (Å²) in [6, 6.07) is 11.2. The number of carbonyl (C=O) groups excluding carboxylic acids is 5. The Morgan fingerprint density at radius 2 is 1.69 bits per heavy atom. The number of nitrogens with zero attached hydrogens (tertiary/aromatic N) is 6. The average Bonchev–Trinajstić information content (AvgIpc) is 3.73. The SMILES string of the molecule is COc1cc2nn(C3CC4(CCN(CC5CCN(c6ccc7c(c6)C(=O)N(C6CCC(=O)NC6=O)C7=O)CC5)CC4)C3)cc2cc1NC(=O)c1cccc(C(F)(F)F)n1. The lowest BCUT2D eigenvalue weighted by atomic mass is 9.60. The van der Waals surface area contributed by atoms with Crippen LogP contribution in [0.5, 0.6) is 5.75 Å². The van der Waals surface area contributed by atoms with Crippen LogP contribution >= 0.6 is 0 Å². The molecule has 0 bridgehead atoms. The zero-order chi connectivity index (χ0) is 41.2. The van der Waals surface area contributed by atoms with Gasteiger partial charge in [0.15, 0.2) is 0 Å². The van der Waals surface area contributed by atoms with E-state index in [1.165, 1.54) is 13.2 Å². The van der Waals surface area contributed by atoms with Gasteiger partial charge < -0.3 is 19.9 Å². The number of pyridine rings is 1. The molecule has 1 unspecified atom stereocenters. The molecule has 2 aromatic carbocycles. The number of nitrogens with one attached hydrogen (secondary N) is 2. The molecule has 5 aliphatic rings. The normalized spacial score (nSPS) is 21.5. The van der Waals surface area contributed by atoms with Crippen molar-refractivity contribution in [2.45, 2.75) is 69.6 Å². The van der Waals surface area contributed by atoms with Crippen LogP contribution in [0.2, 0.25) is 0 Å². The van der Waals surface area contributed by atoms with E-state index in [0.717, 1.165) is 99.4 Å². The van der Waals surface area contributed by atoms with Crippen molar-refractivity contribution in [2.75, 3.05) is 50.1 Å². The molecule has 9 rings (SSSR count). The number of methoxy groups -OCH3 is 1. The number of likely N-dealkylation sites (tertiary alicyclic amines) is 1. The summed E-state index contributed by atoms with van der Waals surface area (Å²) in [5.41, 5.74) is 1.24. The van der Waals surface area contributed by atoms with Crippen molar-refractivity contribution in [2.24, 2.45) is 11.3 Å². The van der Waals surface area contributed by atoms with E-state index in [9.17, 15) is 37.1 Å². The smallest absolute Gasteiger partial charge is 0.433 e. The van der Waals surface area contributed by atoms with Crippen molar-refractivity contribution >= 4 is 51.8 Å². The lowest BCUT2D eigenvalue weighted by Crippen LogP contribution is -2.54. The molecular formula is C42H43F3N8O6. The van der Waals surface area contributed by atoms with Gasteiger partial charge in [-0.05, 0) is 106 Å². The van der Waals surface area contributed by atoms with Crippen LogP contribution < -0.4 is 20.3 Å². The molecule has 14 nitrogen and oxygen atoms in total. The number of hydrogen-bond donors (Lipinski definition) is 2. The highest BCUT2D eigenvalue weighted by molar-refractivity contribution is 6.23. The summed E-state index contributed by atoms with van der Waals surface area (Å²) in [7, 11) is 1.45. The third kappa shape index (κ3) is 7.29. The number of hydrogen-bond acceptors (Lipinski definition) is 10. The first-order valence-corrected chi connectivity index (χ1v) is 20.0. The first kappa shape index (κ1) is 38.7. The van der Waals surface area contributed by atoms with Crippen LogP contribution in [0.1, 0.15) is 94.3 Å². The number of ether oxygens (including phenoxy) is 1. The molecule has 2 N–H and O–H groups in total. The maximum absolute atomic E-state index is 13.3. The van der Waals surface area contributed by atoms with Crippen molar-refractivity contribution in [1.29, 1.82) is 0 Å². The van der Waals surface area contributed by atoms with Gasteiger partial charge in [0, 0.05) is 49.4 Å². The second kappa shape index (κ2) is 14.8. The van der Waals surface area contributed by atoms with Crippen LogP contribution in [-0.2, 0) is 15.8 Å². The van der Waals surface area contributed by atoms with Gasteiger partial charge in [0.1, 0.15) is 23.2 Å². The standard InChI is InChI=1S/C42H43F3N8O6/c1-59-34-19-31-25(17-32(34)47-37(55)30-3-2-4-35(46-30)42(43,44)45)23-52(49-31)27-20-41(21-27)11-15-50(16-12-41)22-24-9-13-51(14-10-24)26-5-6-28-29(18-26)40(58)53(39(28)57)33-7-8-36(54)48-38(33)56/h2-6,17-19,23-24,27,33H,7-16,20-22H2,1H3,(H,47,55)(H,48,54,56). The van der Waals surface area contributed by atoms with Gasteiger partial charge in [0.25, 0.3) is 17.7 Å². The van der Waals surface area contributed by atoms with Crippen molar-refractivity contribution < 1.29 is 41.9 Å². The number of piperidine rings is 3. The Labute approximate surface area is 337 Å². The molecule has 59 heavy (non-hydrogen) atoms. The van der Waals surface area contributed by atoms with Gasteiger partial charge in [-0.15, -0.1) is 0 Å². The number of fused-ring (bicyclic) bond motifs is 2. The van der Waals surface area contributed by atoms with E-state index >= 15 is 0 Å². The maximum Gasteiger partial charge on any atom is 0.433 e. The van der Waals surface area contributed by atoms with Gasteiger partial charge in [0.05, 0.1) is 35.5 Å². The highest BCUT2D eigenvalue weighted by atomic mass is 19.4. The fraction of sp³-hybridized carbons (Fsp3) is 0.452. The third-order valence-electron chi connectivity index (χ3n) is 12.9. The van der Waals surface area contributed by atoms with Crippen molar-refractivity contribution in [3.63, 3.8) is 0 Å². The Kier molecular flexibility index (Phi) is 9.68. The summed E-state index contributed by atoms with van der Waals surface area (Å²) >= 11 is 0. The lowest BCUT2D eigenvalue weighted by molar-refractivity contribution is -0.141. The molecule has 1 aliphatic carbocycles. The van der Waals surface area contributed by atoms with E-state index in [1.54, 1.807) is 24.3 Å². The fourth-order valence-corrected chi connectivity index (χ4v) is 9.57. The summed E-state index contributed by atoms with van der Waals surface area (Å²) in [6.07, 6.45) is 3.80. The van der Waals surface area contributed by atoms with Gasteiger partial charge in [-0.1, -0.05) is 6.07 Å². The predicted molar refractivity (Wildman–Crippen MR) is 208 cm³/mol. The molecule has 5 amide bonds. The summed E-state index contributed by atoms with van der Waals surface area (Å²) in [5, 5.41) is 10.5. The molecule has 3 saturated heterocycles. The highest BCUT2D eigenvalue weighted by Gasteiger charge is 2.48. The second-order valence-electron chi connectivity index (χ2n) is 16.6. The molecule has 2 aromatic heterocycles. The molecule has 308 valence electrons. The minimum absolute atomic E-state index is 0.0813. The Hall–Kier alpha value is -5.84. The topological polar surface area (TPSA) is 159 Å². The lowest BCUT2D eigenvalue weighted by Gasteiger charge is -2.52. The van der Waals surface area contributed by atoms with Crippen LogP contribution in [0.3, 0.4) is 0 Å². The fourth-order valence-electron chi connectivity index (χ4n) is 9.57. The van der Waals surface area contributed by atoms with Crippen LogP contribution in [0.4, 0.5) is 24.5 Å². The molecule has 17 heteroatoms. The molecule has 4 aromatic rings. The number of rotatable bonds is 8. The van der Waals surface area contributed by atoms with Crippen LogP contribution in [0.15, 0.2) is 54.7 Å². The first-order chi connectivity index (χ1) is 28.3. The summed E-state index contributed by atoms with van der Waals surface area (Å²) in [6.45, 7) is 4.81. The molecule has 0 radical (unpaired) electrons. The van der Waals surface area contributed by atoms with Crippen molar-refractivity contribution in [1.82, 2.24) is 29.9 Å². The molecule has 1 saturated carbocycles. The Morgan fingerprint density at radius 3 is 2.41 bits per heavy atom. The van der Waals surface area contributed by atoms with E-state index in [4.69, 9.17) is 9.84 Å². The van der Waals surface area contributed by atoms with Gasteiger partial charge in [-0.25, -0.2) is 4.98 Å². The molecular weight excluding hydrogens is 770 g/mol. The van der Waals surface area contributed by atoms with Gasteiger partial charge in [-0.3, -0.25) is 38.9 Å². The minimum atomic E-state index is -4.67. The van der Waals surface area contributed by atoms with Gasteiger partial charge in [-0.2, -0.15) is 18.3 Å². The number of carbonyl (C=O) groups is 5. The van der Waals surface area contributed by atoms with E-state index in [0.29, 0.717) is 28.4 Å². The van der Waals surface area contributed by atoms with Gasteiger partial charge in [0.2, 0.25) is 11.8 Å². The number of anilines is 2. The second-order valence-corrected chi connectivity index (χ2v) is 16.6. The number of alkyl halides is 3. The monoisotopic (exact) mass is 812 g/mol. The minimum Gasteiger partial charge on any atom is -0.494 e. The Balaban J connectivity index is 0.756. The Bertz CT molecular complexity index is 2370. The molecule has 1 atom stereocenters. The largest absolute Gasteiger partial charge is 0.494 e. The number of imide groups is 2. The van der Waals surface area contributed by atoms with Crippen LogP contribution in [0, 0.1) is 11.3 Å². The van der Waals surface area contributed by atoms with E-state index < -0.39 is 47.4 Å². The quantitative estimate of drug-likeness (QED) is 0.220.